The van der Waals surface area contributed by atoms with Crippen LogP contribution in [0.15, 0.2) is 60.7 Å². The van der Waals surface area contributed by atoms with Crippen molar-refractivity contribution in [2.45, 2.75) is 25.5 Å². The molecule has 6 heteroatoms. The standard InChI is InChI=1S/C22H24N4O2/c23-22-21(13-19(24-25-22)18-10-4-5-11-20(18)27)28-17-9-6-12-26(15-17)14-16-7-2-1-3-8-16/h1-5,7-8,10-11,13,17,27H,6,9,12,14-15H2,(H2,23,25). The number of nitrogens with zero attached hydrogens (tertiary/aromatic N) is 3. The van der Waals surface area contributed by atoms with Gasteiger partial charge in [-0.3, -0.25) is 4.90 Å². The van der Waals surface area contributed by atoms with E-state index in [4.69, 9.17) is 10.5 Å². The van der Waals surface area contributed by atoms with E-state index in [2.05, 4.69) is 39.4 Å². The zero-order valence-electron chi connectivity index (χ0n) is 15.7. The number of aromatic hydroxyl groups is 1. The molecule has 1 aliphatic rings. The molecule has 3 aromatic rings. The van der Waals surface area contributed by atoms with Gasteiger partial charge in [0, 0.05) is 24.7 Å². The summed E-state index contributed by atoms with van der Waals surface area (Å²) in [6, 6.07) is 19.2. The summed E-state index contributed by atoms with van der Waals surface area (Å²) in [5.74, 6) is 0.929. The third-order valence-electron chi connectivity index (χ3n) is 4.97. The average molecular weight is 376 g/mol. The number of para-hydroxylation sites is 1. The minimum absolute atomic E-state index is 0.0428. The molecule has 0 bridgehead atoms. The molecule has 1 fully saturated rings. The number of nitrogen functional groups attached to an aromatic ring is 1. The molecule has 0 saturated carbocycles. The molecule has 1 aliphatic heterocycles. The van der Waals surface area contributed by atoms with Crippen LogP contribution in [-0.2, 0) is 6.54 Å². The number of aromatic nitrogens is 2. The van der Waals surface area contributed by atoms with E-state index in [1.165, 1.54) is 5.56 Å². The number of ether oxygens (including phenoxy) is 1. The lowest BCUT2D eigenvalue weighted by molar-refractivity contribution is 0.0846. The van der Waals surface area contributed by atoms with Crippen molar-refractivity contribution in [3.63, 3.8) is 0 Å². The topological polar surface area (TPSA) is 84.5 Å². The number of phenols is 1. The number of nitrogens with two attached hydrogens (primary N) is 1. The lowest BCUT2D eigenvalue weighted by Crippen LogP contribution is -2.40. The first-order valence-corrected chi connectivity index (χ1v) is 9.53. The zero-order chi connectivity index (χ0) is 19.3. The molecule has 1 aromatic heterocycles. The van der Waals surface area contributed by atoms with Gasteiger partial charge in [0.15, 0.2) is 11.6 Å². The molecule has 0 aliphatic carbocycles. The van der Waals surface area contributed by atoms with Crippen LogP contribution >= 0.6 is 0 Å². The Morgan fingerprint density at radius 3 is 2.68 bits per heavy atom. The summed E-state index contributed by atoms with van der Waals surface area (Å²) >= 11 is 0. The number of likely N-dealkylation sites (tertiary alicyclic amines) is 1. The zero-order valence-corrected chi connectivity index (χ0v) is 15.7. The fraction of sp³-hybridized carbons (Fsp3) is 0.273. The third kappa shape index (κ3) is 4.23. The van der Waals surface area contributed by atoms with E-state index in [0.29, 0.717) is 17.0 Å². The number of hydrogen-bond donors (Lipinski definition) is 2. The Morgan fingerprint density at radius 2 is 1.86 bits per heavy atom. The Kier molecular flexibility index (Phi) is 5.39. The van der Waals surface area contributed by atoms with Gasteiger partial charge >= 0.3 is 0 Å². The second-order valence-corrected chi connectivity index (χ2v) is 7.10. The molecule has 0 spiro atoms. The minimum Gasteiger partial charge on any atom is -0.507 e. The predicted octanol–water partition coefficient (Wildman–Crippen LogP) is 3.47. The fourth-order valence-corrected chi connectivity index (χ4v) is 3.57. The first kappa shape index (κ1) is 18.3. The Balaban J connectivity index is 1.47. The van der Waals surface area contributed by atoms with E-state index >= 15 is 0 Å². The van der Waals surface area contributed by atoms with E-state index in [1.54, 1.807) is 24.3 Å². The van der Waals surface area contributed by atoms with Gasteiger partial charge in [-0.15, -0.1) is 10.2 Å². The molecule has 4 rings (SSSR count). The molecule has 28 heavy (non-hydrogen) atoms. The second kappa shape index (κ2) is 8.27. The van der Waals surface area contributed by atoms with Crippen LogP contribution in [0.25, 0.3) is 11.3 Å². The van der Waals surface area contributed by atoms with E-state index in [-0.39, 0.29) is 17.7 Å². The van der Waals surface area contributed by atoms with Gasteiger partial charge in [0.2, 0.25) is 0 Å². The molecule has 144 valence electrons. The van der Waals surface area contributed by atoms with Crippen molar-refractivity contribution in [1.29, 1.82) is 0 Å². The number of benzene rings is 2. The van der Waals surface area contributed by atoms with Gasteiger partial charge in [0.1, 0.15) is 17.5 Å². The maximum Gasteiger partial charge on any atom is 0.188 e. The SMILES string of the molecule is Nc1nnc(-c2ccccc2O)cc1OC1CCCN(Cc2ccccc2)C1. The number of rotatable bonds is 5. The molecule has 6 nitrogen and oxygen atoms in total. The summed E-state index contributed by atoms with van der Waals surface area (Å²) in [6.07, 6.45) is 2.09. The quantitative estimate of drug-likeness (QED) is 0.709. The van der Waals surface area contributed by atoms with Crippen LogP contribution in [0.5, 0.6) is 11.5 Å². The molecular formula is C22H24N4O2. The highest BCUT2D eigenvalue weighted by molar-refractivity contribution is 5.68. The number of anilines is 1. The molecule has 1 saturated heterocycles. The largest absolute Gasteiger partial charge is 0.507 e. The Labute approximate surface area is 164 Å². The van der Waals surface area contributed by atoms with Crippen molar-refractivity contribution >= 4 is 5.82 Å². The molecule has 0 radical (unpaired) electrons. The van der Waals surface area contributed by atoms with E-state index in [1.807, 2.05) is 12.1 Å². The highest BCUT2D eigenvalue weighted by Crippen LogP contribution is 2.31. The number of hydrogen-bond acceptors (Lipinski definition) is 6. The van der Waals surface area contributed by atoms with Crippen molar-refractivity contribution in [3.8, 4) is 22.8 Å². The Morgan fingerprint density at radius 1 is 1.07 bits per heavy atom. The molecule has 2 aromatic carbocycles. The van der Waals surface area contributed by atoms with Gasteiger partial charge in [-0.2, -0.15) is 0 Å². The average Bonchev–Trinajstić information content (AvgIpc) is 2.71. The molecular weight excluding hydrogens is 352 g/mol. The maximum atomic E-state index is 10.1. The molecule has 2 heterocycles. The first-order valence-electron chi connectivity index (χ1n) is 9.53. The van der Waals surface area contributed by atoms with Crippen LogP contribution in [0.3, 0.4) is 0 Å². The van der Waals surface area contributed by atoms with Crippen LogP contribution < -0.4 is 10.5 Å². The van der Waals surface area contributed by atoms with Crippen LogP contribution in [0.1, 0.15) is 18.4 Å². The van der Waals surface area contributed by atoms with Crippen LogP contribution in [-0.4, -0.2) is 39.4 Å². The van der Waals surface area contributed by atoms with Gasteiger partial charge in [-0.05, 0) is 37.1 Å². The van der Waals surface area contributed by atoms with E-state index < -0.39 is 0 Å². The molecule has 0 amide bonds. The lowest BCUT2D eigenvalue weighted by Gasteiger charge is -2.33. The van der Waals surface area contributed by atoms with E-state index in [0.717, 1.165) is 32.5 Å². The summed E-state index contributed by atoms with van der Waals surface area (Å²) < 4.78 is 6.21. The summed E-state index contributed by atoms with van der Waals surface area (Å²) in [6.45, 7) is 2.80. The Bertz CT molecular complexity index is 933. The number of phenolic OH excluding ortho intramolecular Hbond substituents is 1. The van der Waals surface area contributed by atoms with Gasteiger partial charge in [-0.25, -0.2) is 0 Å². The smallest absolute Gasteiger partial charge is 0.188 e. The molecule has 3 N–H and O–H groups in total. The van der Waals surface area contributed by atoms with Crippen molar-refractivity contribution < 1.29 is 9.84 Å². The summed E-state index contributed by atoms with van der Waals surface area (Å²) in [5.41, 5.74) is 8.45. The highest BCUT2D eigenvalue weighted by Gasteiger charge is 2.23. The summed E-state index contributed by atoms with van der Waals surface area (Å²) in [5, 5.41) is 18.2. The molecule has 1 unspecified atom stereocenters. The highest BCUT2D eigenvalue weighted by atomic mass is 16.5. The van der Waals surface area contributed by atoms with Gasteiger partial charge < -0.3 is 15.6 Å². The second-order valence-electron chi connectivity index (χ2n) is 7.10. The van der Waals surface area contributed by atoms with Crippen LogP contribution in [0.2, 0.25) is 0 Å². The van der Waals surface area contributed by atoms with Crippen molar-refractivity contribution in [3.05, 3.63) is 66.2 Å². The van der Waals surface area contributed by atoms with Crippen LogP contribution in [0, 0.1) is 0 Å². The predicted molar refractivity (Wildman–Crippen MR) is 109 cm³/mol. The molecule has 1 atom stereocenters. The third-order valence-corrected chi connectivity index (χ3v) is 4.97. The monoisotopic (exact) mass is 376 g/mol. The normalized spacial score (nSPS) is 17.4. The summed E-state index contributed by atoms with van der Waals surface area (Å²) in [4.78, 5) is 2.40. The summed E-state index contributed by atoms with van der Waals surface area (Å²) in [7, 11) is 0. The lowest BCUT2D eigenvalue weighted by atomic mass is 10.1. The maximum absolute atomic E-state index is 10.1. The van der Waals surface area contributed by atoms with Crippen molar-refractivity contribution in [2.24, 2.45) is 0 Å². The first-order chi connectivity index (χ1) is 13.7. The number of piperidine rings is 1. The van der Waals surface area contributed by atoms with Crippen molar-refractivity contribution in [1.82, 2.24) is 15.1 Å². The Hall–Kier alpha value is -3.12. The minimum atomic E-state index is 0.0428. The van der Waals surface area contributed by atoms with Crippen molar-refractivity contribution in [2.75, 3.05) is 18.8 Å². The van der Waals surface area contributed by atoms with Gasteiger partial charge in [0.05, 0.1) is 0 Å². The van der Waals surface area contributed by atoms with E-state index in [9.17, 15) is 5.11 Å². The fourth-order valence-electron chi connectivity index (χ4n) is 3.57. The van der Waals surface area contributed by atoms with Gasteiger partial charge in [-0.1, -0.05) is 42.5 Å². The van der Waals surface area contributed by atoms with Crippen LogP contribution in [0.4, 0.5) is 5.82 Å². The van der Waals surface area contributed by atoms with Gasteiger partial charge in [0.25, 0.3) is 0 Å².